The highest BCUT2D eigenvalue weighted by molar-refractivity contribution is 7.89. The molecule has 0 radical (unpaired) electrons. The van der Waals surface area contributed by atoms with Gasteiger partial charge in [0.25, 0.3) is 0 Å². The second-order valence-electron chi connectivity index (χ2n) is 11.0. The van der Waals surface area contributed by atoms with Gasteiger partial charge in [0.05, 0.1) is 17.5 Å². The van der Waals surface area contributed by atoms with Gasteiger partial charge in [-0.1, -0.05) is 69.7 Å². The number of aliphatic hydroxyl groups excluding tert-OH is 1. The predicted octanol–water partition coefficient (Wildman–Crippen LogP) is 4.33. The van der Waals surface area contributed by atoms with Crippen molar-refractivity contribution in [3.63, 3.8) is 0 Å². The van der Waals surface area contributed by atoms with Crippen LogP contribution in [0.5, 0.6) is 0 Å². The number of hydrogen-bond acceptors (Lipinski definition) is 6. The molecule has 0 bridgehead atoms. The number of amides is 1. The number of rotatable bonds is 17. The fourth-order valence-electron chi connectivity index (χ4n) is 4.98. The largest absolute Gasteiger partial charge is 0.399 e. The Hall–Kier alpha value is -2.98. The first kappa shape index (κ1) is 32.5. The lowest BCUT2D eigenvalue weighted by atomic mass is 9.98. The molecule has 0 unspecified atom stereocenters. The molecule has 0 aromatic heterocycles. The summed E-state index contributed by atoms with van der Waals surface area (Å²) in [6, 6.07) is 19.5. The molecule has 2 atom stereocenters. The second kappa shape index (κ2) is 15.9. The number of sulfonamides is 1. The van der Waals surface area contributed by atoms with E-state index in [1.54, 1.807) is 12.1 Å². The number of unbranched alkanes of at least 4 members (excludes halogenated alkanes) is 1. The Kier molecular flexibility index (Phi) is 12.6. The average Bonchev–Trinajstić information content (AvgIpc) is 2.96. The van der Waals surface area contributed by atoms with Crippen LogP contribution in [0, 0.1) is 5.92 Å². The standard InChI is InChI=1S/C32H46N4O4S/c1-4-5-19-34-31(21-26-12-8-11-25-10-6-7-14-30(25)26)32(38)35-20-9-13-28(23-37)36(22-24(2)3)41(39,40)29-17-15-27(33)16-18-29/h6-8,10-12,14-18,24,28,31,34,37H,4-5,9,13,19-23,33H2,1-3H3,(H,35,38)/t28-,31-/m0/s1. The number of anilines is 1. The Morgan fingerprint density at radius 1 is 0.976 bits per heavy atom. The van der Waals surface area contributed by atoms with Crippen LogP contribution in [0.4, 0.5) is 5.69 Å². The fraction of sp³-hybridized carbons (Fsp3) is 0.469. The number of aliphatic hydroxyl groups is 1. The van der Waals surface area contributed by atoms with Gasteiger partial charge in [-0.25, -0.2) is 8.42 Å². The molecule has 1 amide bonds. The van der Waals surface area contributed by atoms with E-state index in [1.165, 1.54) is 16.4 Å². The highest BCUT2D eigenvalue weighted by Gasteiger charge is 2.31. The lowest BCUT2D eigenvalue weighted by Crippen LogP contribution is -2.47. The molecule has 8 nitrogen and oxygen atoms in total. The number of benzene rings is 3. The monoisotopic (exact) mass is 582 g/mol. The van der Waals surface area contributed by atoms with E-state index >= 15 is 0 Å². The molecule has 3 aromatic carbocycles. The van der Waals surface area contributed by atoms with Crippen molar-refractivity contribution in [3.8, 4) is 0 Å². The van der Waals surface area contributed by atoms with Crippen molar-refractivity contribution in [3.05, 3.63) is 72.3 Å². The zero-order valence-corrected chi connectivity index (χ0v) is 25.4. The van der Waals surface area contributed by atoms with Crippen molar-refractivity contribution in [2.75, 3.05) is 32.0 Å². The first-order valence-corrected chi connectivity index (χ1v) is 16.1. The summed E-state index contributed by atoms with van der Waals surface area (Å²) in [6.07, 6.45) is 3.52. The summed E-state index contributed by atoms with van der Waals surface area (Å²) in [6.45, 7) is 7.11. The highest BCUT2D eigenvalue weighted by atomic mass is 32.2. The van der Waals surface area contributed by atoms with Gasteiger partial charge in [-0.3, -0.25) is 4.79 Å². The summed E-state index contributed by atoms with van der Waals surface area (Å²) in [5, 5.41) is 19.0. The Labute approximate surface area is 245 Å². The van der Waals surface area contributed by atoms with Gasteiger partial charge in [-0.05, 0) is 78.7 Å². The third kappa shape index (κ3) is 9.26. The van der Waals surface area contributed by atoms with Crippen molar-refractivity contribution >= 4 is 32.4 Å². The second-order valence-corrected chi connectivity index (χ2v) is 12.9. The summed E-state index contributed by atoms with van der Waals surface area (Å²) < 4.78 is 28.4. The van der Waals surface area contributed by atoms with Gasteiger partial charge in [0.1, 0.15) is 0 Å². The Morgan fingerprint density at radius 3 is 2.37 bits per heavy atom. The normalized spacial score (nSPS) is 13.5. The number of hydrogen-bond donors (Lipinski definition) is 4. The SMILES string of the molecule is CCCCN[C@@H](Cc1cccc2ccccc12)C(=O)NCCC[C@@H](CO)N(CC(C)C)S(=O)(=O)c1ccc(N)cc1. The zero-order valence-electron chi connectivity index (χ0n) is 24.6. The molecule has 0 spiro atoms. The van der Waals surface area contributed by atoms with Crippen LogP contribution in [-0.2, 0) is 21.2 Å². The zero-order chi connectivity index (χ0) is 29.8. The van der Waals surface area contributed by atoms with E-state index in [2.05, 4.69) is 41.8 Å². The fourth-order valence-corrected chi connectivity index (χ4v) is 6.79. The number of carbonyl (C=O) groups is 1. The van der Waals surface area contributed by atoms with Crippen LogP contribution in [0.3, 0.4) is 0 Å². The Balaban J connectivity index is 1.65. The molecule has 0 heterocycles. The molecule has 5 N–H and O–H groups in total. The van der Waals surface area contributed by atoms with Crippen LogP contribution in [0.2, 0.25) is 0 Å². The minimum Gasteiger partial charge on any atom is -0.399 e. The van der Waals surface area contributed by atoms with Crippen LogP contribution >= 0.6 is 0 Å². The van der Waals surface area contributed by atoms with Crippen molar-refractivity contribution < 1.29 is 18.3 Å². The third-order valence-corrected chi connectivity index (χ3v) is 9.14. The van der Waals surface area contributed by atoms with E-state index in [0.29, 0.717) is 31.5 Å². The molecule has 0 aliphatic rings. The number of nitrogen functional groups attached to an aromatic ring is 1. The topological polar surface area (TPSA) is 125 Å². The van der Waals surface area contributed by atoms with Gasteiger partial charge in [-0.15, -0.1) is 0 Å². The third-order valence-electron chi connectivity index (χ3n) is 7.20. The molecule has 9 heteroatoms. The molecule has 0 saturated carbocycles. The summed E-state index contributed by atoms with van der Waals surface area (Å²) in [7, 11) is -3.84. The van der Waals surface area contributed by atoms with Crippen LogP contribution < -0.4 is 16.4 Å². The summed E-state index contributed by atoms with van der Waals surface area (Å²) in [5.41, 5.74) is 7.35. The van der Waals surface area contributed by atoms with Crippen LogP contribution in [0.25, 0.3) is 10.8 Å². The number of nitrogens with zero attached hydrogens (tertiary/aromatic N) is 1. The molecular formula is C32H46N4O4S. The minimum absolute atomic E-state index is 0.0660. The average molecular weight is 583 g/mol. The summed E-state index contributed by atoms with van der Waals surface area (Å²) in [5.74, 6) is -0.0144. The molecule has 0 aliphatic carbocycles. The summed E-state index contributed by atoms with van der Waals surface area (Å²) >= 11 is 0. The summed E-state index contributed by atoms with van der Waals surface area (Å²) in [4.78, 5) is 13.5. The van der Waals surface area contributed by atoms with Crippen molar-refractivity contribution in [1.29, 1.82) is 0 Å². The van der Waals surface area contributed by atoms with Crippen LogP contribution in [0.1, 0.15) is 52.0 Å². The lowest BCUT2D eigenvalue weighted by molar-refractivity contribution is -0.123. The minimum atomic E-state index is -3.84. The number of nitrogens with two attached hydrogens (primary N) is 1. The molecule has 224 valence electrons. The number of carbonyl (C=O) groups excluding carboxylic acids is 1. The van der Waals surface area contributed by atoms with Gasteiger partial charge < -0.3 is 21.5 Å². The first-order chi connectivity index (χ1) is 19.7. The molecule has 0 saturated heterocycles. The van der Waals surface area contributed by atoms with Crippen molar-refractivity contribution in [2.45, 2.75) is 69.9 Å². The van der Waals surface area contributed by atoms with E-state index < -0.39 is 16.1 Å². The molecule has 3 aromatic rings. The lowest BCUT2D eigenvalue weighted by Gasteiger charge is -2.31. The number of fused-ring (bicyclic) bond motifs is 1. The maximum absolute atomic E-state index is 13.5. The molecule has 3 rings (SSSR count). The van der Waals surface area contributed by atoms with Crippen molar-refractivity contribution in [1.82, 2.24) is 14.9 Å². The molecule has 0 fully saturated rings. The Bertz CT molecular complexity index is 1340. The van der Waals surface area contributed by atoms with E-state index in [9.17, 15) is 18.3 Å². The van der Waals surface area contributed by atoms with Crippen molar-refractivity contribution in [2.24, 2.45) is 5.92 Å². The van der Waals surface area contributed by atoms with E-state index in [-0.39, 0.29) is 35.9 Å². The first-order valence-electron chi connectivity index (χ1n) is 14.6. The maximum atomic E-state index is 13.5. The van der Waals surface area contributed by atoms with Gasteiger partial charge in [-0.2, -0.15) is 4.31 Å². The molecular weight excluding hydrogens is 536 g/mol. The predicted molar refractivity (Wildman–Crippen MR) is 167 cm³/mol. The number of nitrogens with one attached hydrogen (secondary N) is 2. The van der Waals surface area contributed by atoms with Gasteiger partial charge in [0.2, 0.25) is 15.9 Å². The van der Waals surface area contributed by atoms with Gasteiger partial charge >= 0.3 is 0 Å². The highest BCUT2D eigenvalue weighted by Crippen LogP contribution is 2.23. The van der Waals surface area contributed by atoms with Gasteiger partial charge in [0, 0.05) is 24.8 Å². The van der Waals surface area contributed by atoms with Crippen LogP contribution in [0.15, 0.2) is 71.6 Å². The smallest absolute Gasteiger partial charge is 0.243 e. The van der Waals surface area contributed by atoms with Crippen LogP contribution in [-0.4, -0.2) is 62.1 Å². The van der Waals surface area contributed by atoms with E-state index in [1.807, 2.05) is 32.0 Å². The van der Waals surface area contributed by atoms with Gasteiger partial charge in [0.15, 0.2) is 0 Å². The quantitative estimate of drug-likeness (QED) is 0.139. The van der Waals surface area contributed by atoms with E-state index in [0.717, 1.165) is 35.7 Å². The molecule has 41 heavy (non-hydrogen) atoms. The Morgan fingerprint density at radius 2 is 1.68 bits per heavy atom. The molecule has 0 aliphatic heterocycles. The maximum Gasteiger partial charge on any atom is 0.243 e. The van der Waals surface area contributed by atoms with E-state index in [4.69, 9.17) is 5.73 Å².